The van der Waals surface area contributed by atoms with Gasteiger partial charge in [0.1, 0.15) is 6.10 Å². The molecule has 0 rings (SSSR count). The largest absolute Gasteiger partial charge is 0.458 e. The lowest BCUT2D eigenvalue weighted by Crippen LogP contribution is -2.23. The van der Waals surface area contributed by atoms with E-state index in [1.54, 1.807) is 6.26 Å². The van der Waals surface area contributed by atoms with Crippen molar-refractivity contribution >= 4 is 16.8 Å². The van der Waals surface area contributed by atoms with Crippen molar-refractivity contribution in [3.63, 3.8) is 0 Å². The third-order valence-electron chi connectivity index (χ3n) is 3.25. The molecule has 0 N–H and O–H groups in total. The van der Waals surface area contributed by atoms with E-state index in [-0.39, 0.29) is 6.10 Å². The number of carbonyl (C=O) groups excluding carboxylic acids is 1. The van der Waals surface area contributed by atoms with E-state index in [0.29, 0.717) is 5.75 Å². The average Bonchev–Trinajstić information content (AvgIpc) is 2.40. The topological polar surface area (TPSA) is 43.4 Å². The van der Waals surface area contributed by atoms with Crippen LogP contribution in [-0.4, -0.2) is 28.3 Å². The number of esters is 1. The van der Waals surface area contributed by atoms with Crippen LogP contribution in [0.3, 0.4) is 0 Å². The molecule has 0 saturated heterocycles. The Labute approximate surface area is 126 Å². The number of carbonyl (C=O) groups is 1. The second-order valence-electron chi connectivity index (χ2n) is 5.27. The van der Waals surface area contributed by atoms with Gasteiger partial charge < -0.3 is 4.74 Å². The summed E-state index contributed by atoms with van der Waals surface area (Å²) in [4.78, 5) is 11.2. The Morgan fingerprint density at radius 3 is 2.20 bits per heavy atom. The monoisotopic (exact) mass is 302 g/mol. The highest BCUT2D eigenvalue weighted by Gasteiger charge is 2.14. The second-order valence-corrected chi connectivity index (χ2v) is 6.75. The van der Waals surface area contributed by atoms with Gasteiger partial charge in [-0.1, -0.05) is 58.4 Å². The summed E-state index contributed by atoms with van der Waals surface area (Å²) in [7, 11) is -0.938. The summed E-state index contributed by atoms with van der Waals surface area (Å²) in [6, 6.07) is 0. The molecule has 3 nitrogen and oxygen atoms in total. The highest BCUT2D eigenvalue weighted by Crippen LogP contribution is 2.12. The van der Waals surface area contributed by atoms with E-state index in [1.807, 2.05) is 0 Å². The summed E-state index contributed by atoms with van der Waals surface area (Å²) in [5.74, 6) is 0.0100. The van der Waals surface area contributed by atoms with Crippen LogP contribution in [0.1, 0.15) is 64.7 Å². The summed E-state index contributed by atoms with van der Waals surface area (Å²) in [6.45, 7) is 5.61. The molecule has 4 heteroatoms. The molecular weight excluding hydrogens is 272 g/mol. The van der Waals surface area contributed by atoms with Crippen molar-refractivity contribution in [2.45, 2.75) is 70.8 Å². The van der Waals surface area contributed by atoms with Crippen molar-refractivity contribution in [2.24, 2.45) is 0 Å². The maximum atomic E-state index is 11.3. The molecule has 0 aromatic rings. The zero-order valence-electron chi connectivity index (χ0n) is 13.1. The van der Waals surface area contributed by atoms with Crippen LogP contribution in [0.25, 0.3) is 0 Å². The van der Waals surface area contributed by atoms with Crippen LogP contribution in [-0.2, 0) is 20.3 Å². The molecule has 0 fully saturated rings. The standard InChI is InChI=1S/C16H30O3S/c1-4-6-7-8-9-10-11-12-13-15(14-20(3)18)19-16(17)5-2/h5,15H,2,4,6-14H2,1,3H3. The van der Waals surface area contributed by atoms with Crippen molar-refractivity contribution in [3.8, 4) is 0 Å². The zero-order valence-corrected chi connectivity index (χ0v) is 13.9. The minimum atomic E-state index is -0.938. The van der Waals surface area contributed by atoms with Crippen LogP contribution in [0.15, 0.2) is 12.7 Å². The zero-order chi connectivity index (χ0) is 15.2. The van der Waals surface area contributed by atoms with E-state index in [9.17, 15) is 9.00 Å². The maximum absolute atomic E-state index is 11.3. The first-order valence-corrected chi connectivity index (χ1v) is 9.46. The molecule has 0 aliphatic rings. The number of unbranched alkanes of at least 4 members (excludes halogenated alkanes) is 7. The lowest BCUT2D eigenvalue weighted by Gasteiger charge is -2.15. The molecule has 20 heavy (non-hydrogen) atoms. The summed E-state index contributed by atoms with van der Waals surface area (Å²) >= 11 is 0. The van der Waals surface area contributed by atoms with Gasteiger partial charge >= 0.3 is 5.97 Å². The molecule has 2 atom stereocenters. The predicted molar refractivity (Wildman–Crippen MR) is 86.2 cm³/mol. The summed E-state index contributed by atoms with van der Waals surface area (Å²) in [5, 5.41) is 0. The van der Waals surface area contributed by atoms with E-state index < -0.39 is 16.8 Å². The number of ether oxygens (including phenoxy) is 1. The Balaban J connectivity index is 3.70. The fourth-order valence-corrected chi connectivity index (χ4v) is 2.91. The van der Waals surface area contributed by atoms with Gasteiger partial charge in [-0.3, -0.25) is 4.21 Å². The van der Waals surface area contributed by atoms with Gasteiger partial charge in [-0.15, -0.1) is 0 Å². The maximum Gasteiger partial charge on any atom is 0.330 e. The number of hydrogen-bond acceptors (Lipinski definition) is 3. The fourth-order valence-electron chi connectivity index (χ4n) is 2.16. The van der Waals surface area contributed by atoms with Gasteiger partial charge in [0.05, 0.1) is 5.75 Å². The molecule has 0 heterocycles. The van der Waals surface area contributed by atoms with Gasteiger partial charge in [0.15, 0.2) is 0 Å². The Kier molecular flexibility index (Phi) is 12.9. The smallest absolute Gasteiger partial charge is 0.330 e. The van der Waals surface area contributed by atoms with E-state index in [4.69, 9.17) is 4.74 Å². The van der Waals surface area contributed by atoms with Crippen molar-refractivity contribution < 1.29 is 13.7 Å². The summed E-state index contributed by atoms with van der Waals surface area (Å²) in [5.41, 5.74) is 0. The molecule has 2 unspecified atom stereocenters. The number of rotatable bonds is 13. The van der Waals surface area contributed by atoms with Gasteiger partial charge in [-0.05, 0) is 12.8 Å². The van der Waals surface area contributed by atoms with Crippen molar-refractivity contribution in [1.29, 1.82) is 0 Å². The molecule has 0 aromatic carbocycles. The summed E-state index contributed by atoms with van der Waals surface area (Å²) < 4.78 is 16.5. The first-order valence-electron chi connectivity index (χ1n) is 7.73. The van der Waals surface area contributed by atoms with Crippen LogP contribution in [0.2, 0.25) is 0 Å². The van der Waals surface area contributed by atoms with Gasteiger partial charge in [-0.2, -0.15) is 0 Å². The Bertz CT molecular complexity index is 289. The van der Waals surface area contributed by atoms with Crippen LogP contribution in [0.4, 0.5) is 0 Å². The Morgan fingerprint density at radius 1 is 1.15 bits per heavy atom. The minimum Gasteiger partial charge on any atom is -0.458 e. The molecule has 0 saturated carbocycles. The van der Waals surface area contributed by atoms with E-state index in [0.717, 1.165) is 19.3 Å². The van der Waals surface area contributed by atoms with Gasteiger partial charge in [0.25, 0.3) is 0 Å². The van der Waals surface area contributed by atoms with Gasteiger partial charge in [-0.25, -0.2) is 4.79 Å². The third-order valence-corrected chi connectivity index (χ3v) is 4.09. The first kappa shape index (κ1) is 19.4. The minimum absolute atomic E-state index is 0.230. The van der Waals surface area contributed by atoms with Gasteiger partial charge in [0, 0.05) is 23.1 Å². The lowest BCUT2D eigenvalue weighted by molar-refractivity contribution is -0.142. The molecule has 0 radical (unpaired) electrons. The fraction of sp³-hybridized carbons (Fsp3) is 0.812. The molecule has 0 aliphatic heterocycles. The predicted octanol–water partition coefficient (Wildman–Crippen LogP) is 3.99. The molecule has 0 aromatic heterocycles. The number of hydrogen-bond donors (Lipinski definition) is 0. The van der Waals surface area contributed by atoms with Crippen LogP contribution < -0.4 is 0 Å². The van der Waals surface area contributed by atoms with E-state index in [1.165, 1.54) is 44.6 Å². The van der Waals surface area contributed by atoms with Gasteiger partial charge in [0.2, 0.25) is 0 Å². The second kappa shape index (κ2) is 13.3. The summed E-state index contributed by atoms with van der Waals surface area (Å²) in [6.07, 6.45) is 13.4. The Hall–Kier alpha value is -0.640. The normalized spacial score (nSPS) is 13.7. The molecule has 118 valence electrons. The van der Waals surface area contributed by atoms with E-state index in [2.05, 4.69) is 13.5 Å². The SMILES string of the molecule is C=CC(=O)OC(CCCCCCCCCC)CS(C)=O. The quantitative estimate of drug-likeness (QED) is 0.293. The highest BCUT2D eigenvalue weighted by atomic mass is 32.2. The highest BCUT2D eigenvalue weighted by molar-refractivity contribution is 7.84. The third kappa shape index (κ3) is 12.4. The van der Waals surface area contributed by atoms with Crippen LogP contribution >= 0.6 is 0 Å². The van der Waals surface area contributed by atoms with Crippen LogP contribution in [0, 0.1) is 0 Å². The molecular formula is C16H30O3S. The Morgan fingerprint density at radius 2 is 1.70 bits per heavy atom. The molecule has 0 amide bonds. The van der Waals surface area contributed by atoms with Crippen molar-refractivity contribution in [3.05, 3.63) is 12.7 Å². The molecule has 0 aliphatic carbocycles. The molecule has 0 spiro atoms. The molecule has 0 bridgehead atoms. The first-order chi connectivity index (χ1) is 9.60. The lowest BCUT2D eigenvalue weighted by atomic mass is 10.1. The van der Waals surface area contributed by atoms with Crippen LogP contribution in [0.5, 0.6) is 0 Å². The van der Waals surface area contributed by atoms with Crippen molar-refractivity contribution in [2.75, 3.05) is 12.0 Å². The van der Waals surface area contributed by atoms with E-state index >= 15 is 0 Å². The average molecular weight is 302 g/mol. The van der Waals surface area contributed by atoms with Crippen molar-refractivity contribution in [1.82, 2.24) is 0 Å².